The largest absolute Gasteiger partial charge is 0.411 e. The van der Waals surface area contributed by atoms with Crippen molar-refractivity contribution in [1.29, 1.82) is 0 Å². The molecular weight excluding hydrogens is 331 g/mol. The molecule has 4 nitrogen and oxygen atoms in total. The van der Waals surface area contributed by atoms with E-state index in [1.54, 1.807) is 0 Å². The van der Waals surface area contributed by atoms with Crippen molar-refractivity contribution in [2.24, 2.45) is 0 Å². The summed E-state index contributed by atoms with van der Waals surface area (Å²) in [6, 6.07) is 0. The van der Waals surface area contributed by atoms with E-state index in [-0.39, 0.29) is 24.5 Å². The van der Waals surface area contributed by atoms with Gasteiger partial charge >= 0.3 is 6.18 Å². The second kappa shape index (κ2) is 7.44. The minimum Gasteiger partial charge on any atom is -0.381 e. The van der Waals surface area contributed by atoms with Gasteiger partial charge in [-0.1, -0.05) is 15.9 Å². The zero-order valence-corrected chi connectivity index (χ0v) is 12.0. The molecule has 0 aromatic carbocycles. The van der Waals surface area contributed by atoms with Crippen LogP contribution >= 0.6 is 15.9 Å². The van der Waals surface area contributed by atoms with E-state index in [0.717, 1.165) is 0 Å². The fraction of sp³-hybridized carbons (Fsp3) is 0.909. The summed E-state index contributed by atoms with van der Waals surface area (Å²) in [6.45, 7) is -0.426. The molecule has 112 valence electrons. The highest BCUT2D eigenvalue weighted by Gasteiger charge is 2.33. The van der Waals surface area contributed by atoms with Crippen LogP contribution in [0.4, 0.5) is 13.2 Å². The number of ether oxygens (including phenoxy) is 2. The van der Waals surface area contributed by atoms with Crippen LogP contribution in [0, 0.1) is 0 Å². The van der Waals surface area contributed by atoms with Crippen LogP contribution in [0.5, 0.6) is 0 Å². The highest BCUT2D eigenvalue weighted by molar-refractivity contribution is 9.09. The SMILES string of the molecule is O=C(CCOCC(F)(F)F)NC1(CBr)CCOCC1. The summed E-state index contributed by atoms with van der Waals surface area (Å²) in [5.74, 6) is -0.302. The van der Waals surface area contributed by atoms with Gasteiger partial charge in [-0.25, -0.2) is 0 Å². The number of halogens is 4. The zero-order valence-electron chi connectivity index (χ0n) is 10.4. The van der Waals surface area contributed by atoms with E-state index >= 15 is 0 Å². The van der Waals surface area contributed by atoms with Crippen molar-refractivity contribution in [2.75, 3.05) is 31.8 Å². The highest BCUT2D eigenvalue weighted by Crippen LogP contribution is 2.23. The quantitative estimate of drug-likeness (QED) is 0.590. The molecule has 0 saturated carbocycles. The maximum atomic E-state index is 11.8. The summed E-state index contributed by atoms with van der Waals surface area (Å²) in [5, 5.41) is 3.45. The second-order valence-electron chi connectivity index (χ2n) is 4.49. The highest BCUT2D eigenvalue weighted by atomic mass is 79.9. The van der Waals surface area contributed by atoms with Crippen molar-refractivity contribution in [1.82, 2.24) is 5.32 Å². The molecule has 0 atom stereocenters. The van der Waals surface area contributed by atoms with Gasteiger partial charge in [-0.05, 0) is 12.8 Å². The Bertz CT molecular complexity index is 293. The van der Waals surface area contributed by atoms with Crippen LogP contribution in [-0.4, -0.2) is 49.4 Å². The molecule has 1 saturated heterocycles. The Labute approximate surface area is 118 Å². The van der Waals surface area contributed by atoms with Gasteiger partial charge < -0.3 is 14.8 Å². The van der Waals surface area contributed by atoms with Crippen LogP contribution in [0.2, 0.25) is 0 Å². The number of rotatable bonds is 6. The topological polar surface area (TPSA) is 47.6 Å². The summed E-state index contributed by atoms with van der Waals surface area (Å²) < 4.78 is 45.1. The minimum atomic E-state index is -4.35. The summed E-state index contributed by atoms with van der Waals surface area (Å²) in [4.78, 5) is 11.7. The van der Waals surface area contributed by atoms with Crippen molar-refractivity contribution in [3.63, 3.8) is 0 Å². The van der Waals surface area contributed by atoms with Gasteiger partial charge in [0.1, 0.15) is 6.61 Å². The van der Waals surface area contributed by atoms with Crippen molar-refractivity contribution in [3.05, 3.63) is 0 Å². The maximum absolute atomic E-state index is 11.8. The Morgan fingerprint density at radius 1 is 1.37 bits per heavy atom. The lowest BCUT2D eigenvalue weighted by atomic mass is 9.92. The van der Waals surface area contributed by atoms with Gasteiger partial charge in [0.15, 0.2) is 0 Å². The number of carbonyl (C=O) groups excluding carboxylic acids is 1. The van der Waals surface area contributed by atoms with E-state index in [4.69, 9.17) is 4.74 Å². The third kappa shape index (κ3) is 6.58. The fourth-order valence-corrected chi connectivity index (χ4v) is 2.47. The van der Waals surface area contributed by atoms with Crippen LogP contribution in [0.25, 0.3) is 0 Å². The zero-order chi connectivity index (χ0) is 14.4. The normalized spacial score (nSPS) is 19.2. The van der Waals surface area contributed by atoms with E-state index in [2.05, 4.69) is 26.0 Å². The number of hydrogen-bond donors (Lipinski definition) is 1. The predicted octanol–water partition coefficient (Wildman–Crippen LogP) is 2.02. The first-order valence-electron chi connectivity index (χ1n) is 5.96. The molecule has 0 unspecified atom stereocenters. The average molecular weight is 348 g/mol. The first kappa shape index (κ1) is 16.7. The summed E-state index contributed by atoms with van der Waals surface area (Å²) in [5.41, 5.74) is -0.362. The lowest BCUT2D eigenvalue weighted by Crippen LogP contribution is -2.53. The standard InChI is InChI=1S/C11H17BrF3NO3/c12-7-10(2-5-18-6-3-10)16-9(17)1-4-19-8-11(13,14)15/h1-8H2,(H,16,17). The monoisotopic (exact) mass is 347 g/mol. The van der Waals surface area contributed by atoms with Crippen LogP contribution in [0.15, 0.2) is 0 Å². The van der Waals surface area contributed by atoms with E-state index in [1.165, 1.54) is 0 Å². The Hall–Kier alpha value is -0.340. The van der Waals surface area contributed by atoms with Crippen LogP contribution < -0.4 is 5.32 Å². The van der Waals surface area contributed by atoms with Gasteiger partial charge in [0, 0.05) is 25.0 Å². The fourth-order valence-electron chi connectivity index (χ4n) is 1.77. The van der Waals surface area contributed by atoms with Gasteiger partial charge in [-0.2, -0.15) is 13.2 Å². The number of nitrogens with one attached hydrogen (secondary N) is 1. The van der Waals surface area contributed by atoms with Crippen LogP contribution in [-0.2, 0) is 14.3 Å². The molecule has 0 radical (unpaired) electrons. The Morgan fingerprint density at radius 2 is 2.00 bits per heavy atom. The Kier molecular flexibility index (Phi) is 6.55. The molecular formula is C11H17BrF3NO3. The van der Waals surface area contributed by atoms with Crippen LogP contribution in [0.3, 0.4) is 0 Å². The van der Waals surface area contributed by atoms with Gasteiger partial charge in [0.25, 0.3) is 0 Å². The van der Waals surface area contributed by atoms with E-state index < -0.39 is 12.8 Å². The predicted molar refractivity (Wildman–Crippen MR) is 66.2 cm³/mol. The third-order valence-corrected chi connectivity index (χ3v) is 3.92. The molecule has 1 amide bonds. The maximum Gasteiger partial charge on any atom is 0.411 e. The molecule has 0 spiro atoms. The molecule has 1 fully saturated rings. The van der Waals surface area contributed by atoms with Crippen LogP contribution in [0.1, 0.15) is 19.3 Å². The summed E-state index contributed by atoms with van der Waals surface area (Å²) in [6.07, 6.45) is -3.05. The van der Waals surface area contributed by atoms with E-state index in [0.29, 0.717) is 31.4 Å². The molecule has 1 aliphatic rings. The van der Waals surface area contributed by atoms with Crippen molar-refractivity contribution >= 4 is 21.8 Å². The second-order valence-corrected chi connectivity index (χ2v) is 5.05. The third-order valence-electron chi connectivity index (χ3n) is 2.85. The smallest absolute Gasteiger partial charge is 0.381 e. The molecule has 0 aliphatic carbocycles. The molecule has 1 heterocycles. The molecule has 0 aromatic heterocycles. The lowest BCUT2D eigenvalue weighted by molar-refractivity contribution is -0.174. The average Bonchev–Trinajstić information content (AvgIpc) is 2.35. The van der Waals surface area contributed by atoms with Crippen molar-refractivity contribution in [2.45, 2.75) is 31.0 Å². The molecule has 19 heavy (non-hydrogen) atoms. The van der Waals surface area contributed by atoms with Gasteiger partial charge in [-0.3, -0.25) is 4.79 Å². The first-order chi connectivity index (χ1) is 8.87. The summed E-state index contributed by atoms with van der Waals surface area (Å²) >= 11 is 3.35. The Balaban J connectivity index is 2.26. The lowest BCUT2D eigenvalue weighted by Gasteiger charge is -2.36. The molecule has 0 bridgehead atoms. The number of hydrogen-bond acceptors (Lipinski definition) is 3. The number of alkyl halides is 4. The van der Waals surface area contributed by atoms with E-state index in [1.807, 2.05) is 0 Å². The van der Waals surface area contributed by atoms with Gasteiger partial charge in [-0.15, -0.1) is 0 Å². The van der Waals surface area contributed by atoms with E-state index in [9.17, 15) is 18.0 Å². The number of carbonyl (C=O) groups is 1. The molecule has 1 aliphatic heterocycles. The summed E-state index contributed by atoms with van der Waals surface area (Å²) in [7, 11) is 0. The molecule has 0 aromatic rings. The molecule has 1 N–H and O–H groups in total. The molecule has 1 rings (SSSR count). The Morgan fingerprint density at radius 3 is 2.53 bits per heavy atom. The van der Waals surface area contributed by atoms with Gasteiger partial charge in [0.05, 0.1) is 12.1 Å². The first-order valence-corrected chi connectivity index (χ1v) is 7.08. The van der Waals surface area contributed by atoms with Crippen molar-refractivity contribution in [3.8, 4) is 0 Å². The van der Waals surface area contributed by atoms with Crippen molar-refractivity contribution < 1.29 is 27.4 Å². The number of amides is 1. The minimum absolute atomic E-state index is 0.0777. The van der Waals surface area contributed by atoms with Gasteiger partial charge in [0.2, 0.25) is 5.91 Å². The molecule has 8 heteroatoms.